The molecule has 4 aromatic rings. The van der Waals surface area contributed by atoms with Gasteiger partial charge in [0.25, 0.3) is 5.91 Å². The van der Waals surface area contributed by atoms with E-state index < -0.39 is 23.6 Å². The molecule has 0 spiro atoms. The van der Waals surface area contributed by atoms with Crippen molar-refractivity contribution in [3.8, 4) is 0 Å². The normalized spacial score (nSPS) is 19.1. The quantitative estimate of drug-likeness (QED) is 0.413. The van der Waals surface area contributed by atoms with Crippen LogP contribution in [0.25, 0.3) is 26.1 Å². The summed E-state index contributed by atoms with van der Waals surface area (Å²) >= 11 is 1.32. The third kappa shape index (κ3) is 4.40. The minimum atomic E-state index is -4.30. The number of alkyl halides is 3. The summed E-state index contributed by atoms with van der Waals surface area (Å²) in [5.41, 5.74) is 0.823. The molecule has 3 aromatic heterocycles. The molecule has 2 aliphatic heterocycles. The minimum absolute atomic E-state index is 0.00810. The van der Waals surface area contributed by atoms with Crippen molar-refractivity contribution in [2.45, 2.75) is 25.1 Å². The number of aromatic nitrogens is 2. The number of para-hydroxylation sites is 1. The van der Waals surface area contributed by atoms with Gasteiger partial charge in [-0.05, 0) is 43.7 Å². The molecule has 2 aliphatic rings. The van der Waals surface area contributed by atoms with Gasteiger partial charge in [0.2, 0.25) is 5.43 Å². The first-order valence-electron chi connectivity index (χ1n) is 12.6. The Hall–Kier alpha value is -3.22. The Morgan fingerprint density at radius 1 is 1.13 bits per heavy atom. The Bertz CT molecular complexity index is 1580. The van der Waals surface area contributed by atoms with E-state index in [2.05, 4.69) is 10.2 Å². The molecule has 2 fully saturated rings. The lowest BCUT2D eigenvalue weighted by Gasteiger charge is -2.28. The van der Waals surface area contributed by atoms with Gasteiger partial charge in [0.15, 0.2) is 5.65 Å². The molecular weight excluding hydrogens is 519 g/mol. The zero-order chi connectivity index (χ0) is 26.4. The summed E-state index contributed by atoms with van der Waals surface area (Å²) < 4.78 is 48.1. The van der Waals surface area contributed by atoms with Gasteiger partial charge in [-0.3, -0.25) is 18.9 Å². The van der Waals surface area contributed by atoms with Crippen LogP contribution in [0.2, 0.25) is 0 Å². The molecule has 1 aromatic carbocycles. The van der Waals surface area contributed by atoms with Gasteiger partial charge in [-0.2, -0.15) is 13.2 Å². The van der Waals surface area contributed by atoms with E-state index in [1.165, 1.54) is 16.2 Å². The minimum Gasteiger partial charge on any atom is -0.378 e. The molecule has 5 heterocycles. The number of nitrogens with one attached hydrogen (secondary N) is 1. The van der Waals surface area contributed by atoms with E-state index in [1.807, 2.05) is 28.7 Å². The van der Waals surface area contributed by atoms with Crippen molar-refractivity contribution in [2.24, 2.45) is 0 Å². The summed E-state index contributed by atoms with van der Waals surface area (Å²) in [6.45, 7) is 2.96. The van der Waals surface area contributed by atoms with Crippen molar-refractivity contribution in [1.29, 1.82) is 0 Å². The number of morpholine rings is 1. The summed E-state index contributed by atoms with van der Waals surface area (Å²) in [7, 11) is 0. The monoisotopic (exact) mass is 545 g/mol. The third-order valence-electron chi connectivity index (χ3n) is 7.26. The number of ether oxygens (including phenoxy) is 1. The Morgan fingerprint density at radius 3 is 2.71 bits per heavy atom. The molecule has 1 N–H and O–H groups in total. The SMILES string of the molecule is O=C(NCCN1CCCC1C(F)(F)F)c1c(=O)c2ccc(N3CCOCC3)nc2n2c1sc1ccccc12. The van der Waals surface area contributed by atoms with E-state index in [0.29, 0.717) is 55.1 Å². The van der Waals surface area contributed by atoms with Crippen LogP contribution in [0, 0.1) is 0 Å². The first-order valence-corrected chi connectivity index (χ1v) is 13.4. The maximum Gasteiger partial charge on any atom is 0.404 e. The summed E-state index contributed by atoms with van der Waals surface area (Å²) in [5, 5.41) is 3.02. The average Bonchev–Trinajstić information content (AvgIpc) is 3.54. The number of amides is 1. The highest BCUT2D eigenvalue weighted by molar-refractivity contribution is 7.24. The number of hydrogen-bond acceptors (Lipinski definition) is 7. The van der Waals surface area contributed by atoms with Crippen molar-refractivity contribution >= 4 is 49.1 Å². The van der Waals surface area contributed by atoms with E-state index in [4.69, 9.17) is 9.72 Å². The number of thiazole rings is 1. The molecule has 0 saturated carbocycles. The molecule has 1 atom stereocenters. The summed E-state index contributed by atoms with van der Waals surface area (Å²) in [5.74, 6) is 0.132. The maximum absolute atomic E-state index is 13.7. The smallest absolute Gasteiger partial charge is 0.378 e. The molecule has 200 valence electrons. The number of carbonyl (C=O) groups excluding carboxylic acids is 1. The predicted molar refractivity (Wildman–Crippen MR) is 140 cm³/mol. The predicted octanol–water partition coefficient (Wildman–Crippen LogP) is 3.66. The molecule has 8 nitrogen and oxygen atoms in total. The van der Waals surface area contributed by atoms with Gasteiger partial charge in [-0.15, -0.1) is 11.3 Å². The lowest BCUT2D eigenvalue weighted by molar-refractivity contribution is -0.175. The standard InChI is InChI=1S/C26H26F3N5O3S/c27-26(28,29)19-6-3-10-32(19)11-9-30-24(36)21-22(35)16-7-8-20(33-12-14-37-15-13-33)31-23(16)34-17-4-1-2-5-18(17)38-25(21)34/h1-2,4-5,7-8,19H,3,6,9-15H2,(H,30,36). The third-order valence-corrected chi connectivity index (χ3v) is 8.41. The average molecular weight is 546 g/mol. The summed E-state index contributed by atoms with van der Waals surface area (Å²) in [6.07, 6.45) is -3.77. The van der Waals surface area contributed by atoms with Crippen LogP contribution in [0.4, 0.5) is 19.0 Å². The number of halogens is 3. The van der Waals surface area contributed by atoms with E-state index >= 15 is 0 Å². The number of nitrogens with zero attached hydrogens (tertiary/aromatic N) is 4. The molecule has 0 aliphatic carbocycles. The zero-order valence-corrected chi connectivity index (χ0v) is 21.3. The molecule has 0 radical (unpaired) electrons. The van der Waals surface area contributed by atoms with E-state index in [1.54, 1.807) is 12.1 Å². The number of fused-ring (bicyclic) bond motifs is 5. The van der Waals surface area contributed by atoms with Crippen LogP contribution in [0.15, 0.2) is 41.2 Å². The second-order valence-corrected chi connectivity index (χ2v) is 10.6. The summed E-state index contributed by atoms with van der Waals surface area (Å²) in [6, 6.07) is 9.59. The number of likely N-dealkylation sites (tertiary alicyclic amines) is 1. The fourth-order valence-electron chi connectivity index (χ4n) is 5.41. The Balaban J connectivity index is 1.38. The highest BCUT2D eigenvalue weighted by atomic mass is 32.1. The summed E-state index contributed by atoms with van der Waals surface area (Å²) in [4.78, 5) is 35.8. The van der Waals surface area contributed by atoms with Gasteiger partial charge in [-0.25, -0.2) is 4.98 Å². The first kappa shape index (κ1) is 25.1. The van der Waals surface area contributed by atoms with Gasteiger partial charge in [0, 0.05) is 26.2 Å². The molecule has 6 rings (SSSR count). The van der Waals surface area contributed by atoms with Crippen molar-refractivity contribution in [3.05, 3.63) is 52.2 Å². The molecule has 0 bridgehead atoms. The second-order valence-electron chi connectivity index (χ2n) is 9.55. The fraction of sp³-hybridized carbons (Fsp3) is 0.423. The zero-order valence-electron chi connectivity index (χ0n) is 20.5. The molecule has 1 amide bonds. The molecule has 38 heavy (non-hydrogen) atoms. The number of anilines is 1. The van der Waals surface area contributed by atoms with E-state index in [0.717, 1.165) is 16.0 Å². The van der Waals surface area contributed by atoms with Crippen molar-refractivity contribution in [1.82, 2.24) is 19.6 Å². The van der Waals surface area contributed by atoms with Crippen LogP contribution in [-0.2, 0) is 4.74 Å². The number of benzene rings is 1. The van der Waals surface area contributed by atoms with Crippen LogP contribution >= 0.6 is 11.3 Å². The number of hydrogen-bond donors (Lipinski definition) is 1. The maximum atomic E-state index is 13.7. The second kappa shape index (κ2) is 9.83. The van der Waals surface area contributed by atoms with Crippen molar-refractivity contribution in [2.75, 3.05) is 50.8 Å². The van der Waals surface area contributed by atoms with Gasteiger partial charge >= 0.3 is 6.18 Å². The highest BCUT2D eigenvalue weighted by Gasteiger charge is 2.45. The van der Waals surface area contributed by atoms with Crippen LogP contribution in [0.1, 0.15) is 23.2 Å². The molecule has 2 saturated heterocycles. The molecule has 1 unspecified atom stereocenters. The van der Waals surface area contributed by atoms with Crippen LogP contribution in [0.3, 0.4) is 0 Å². The lowest BCUT2D eigenvalue weighted by atomic mass is 10.1. The largest absolute Gasteiger partial charge is 0.404 e. The van der Waals surface area contributed by atoms with Gasteiger partial charge in [0.1, 0.15) is 22.3 Å². The fourth-order valence-corrected chi connectivity index (χ4v) is 6.60. The lowest BCUT2D eigenvalue weighted by Crippen LogP contribution is -2.44. The van der Waals surface area contributed by atoms with Gasteiger partial charge in [0.05, 0.1) is 28.8 Å². The number of rotatable bonds is 5. The van der Waals surface area contributed by atoms with Crippen LogP contribution in [0.5, 0.6) is 0 Å². The highest BCUT2D eigenvalue weighted by Crippen LogP contribution is 2.33. The van der Waals surface area contributed by atoms with Gasteiger partial charge < -0.3 is 15.0 Å². The molecule has 12 heteroatoms. The Kier molecular flexibility index (Phi) is 6.48. The first-order chi connectivity index (χ1) is 18.3. The van der Waals surface area contributed by atoms with Crippen LogP contribution in [-0.4, -0.2) is 78.3 Å². The van der Waals surface area contributed by atoms with E-state index in [-0.39, 0.29) is 25.1 Å². The number of carbonyl (C=O) groups is 1. The topological polar surface area (TPSA) is 79.2 Å². The van der Waals surface area contributed by atoms with Crippen molar-refractivity contribution in [3.63, 3.8) is 0 Å². The Morgan fingerprint density at radius 2 is 1.92 bits per heavy atom. The van der Waals surface area contributed by atoms with Crippen LogP contribution < -0.4 is 15.6 Å². The number of pyridine rings is 2. The Labute approximate surface area is 219 Å². The molecular formula is C26H26F3N5O3S. The van der Waals surface area contributed by atoms with Crippen molar-refractivity contribution < 1.29 is 22.7 Å². The van der Waals surface area contributed by atoms with Gasteiger partial charge in [-0.1, -0.05) is 12.1 Å². The van der Waals surface area contributed by atoms with E-state index in [9.17, 15) is 22.8 Å².